The van der Waals surface area contributed by atoms with Crippen LogP contribution < -0.4 is 0 Å². The third kappa shape index (κ3) is 1.57. The number of carbonyl (C=O) groups is 2. The highest BCUT2D eigenvalue weighted by Gasteiger charge is 2.83. The van der Waals surface area contributed by atoms with Gasteiger partial charge in [-0.2, -0.15) is 0 Å². The molecule has 2 aliphatic heterocycles. The molecule has 4 rings (SSSR count). The first kappa shape index (κ1) is 13.0. The van der Waals surface area contributed by atoms with Gasteiger partial charge in [0.25, 0.3) is 0 Å². The van der Waals surface area contributed by atoms with Crippen molar-refractivity contribution in [3.05, 3.63) is 11.6 Å². The molecule has 2 aliphatic carbocycles. The second kappa shape index (κ2) is 4.66. The summed E-state index contributed by atoms with van der Waals surface area (Å²) in [5.74, 6) is -1.84. The highest BCUT2D eigenvalue weighted by Crippen LogP contribution is 2.71. The second-order valence-corrected chi connectivity index (χ2v) is 7.45. The van der Waals surface area contributed by atoms with Crippen LogP contribution in [0.3, 0.4) is 0 Å². The largest absolute Gasteiger partial charge is 0.460 e. The van der Waals surface area contributed by atoms with Gasteiger partial charge in [0, 0.05) is 16.4 Å². The van der Waals surface area contributed by atoms with Gasteiger partial charge in [0.05, 0.1) is 24.7 Å². The van der Waals surface area contributed by atoms with Crippen molar-refractivity contribution in [3.8, 4) is 0 Å². The van der Waals surface area contributed by atoms with Crippen molar-refractivity contribution in [3.63, 3.8) is 0 Å². The minimum absolute atomic E-state index is 0.105. The molecule has 4 aliphatic rings. The van der Waals surface area contributed by atoms with E-state index in [0.717, 1.165) is 0 Å². The van der Waals surface area contributed by atoms with E-state index >= 15 is 0 Å². The zero-order valence-corrected chi connectivity index (χ0v) is 13.4. The first-order valence-corrected chi connectivity index (χ1v) is 7.97. The maximum Gasteiger partial charge on any atom is 0.302 e. The number of hydrogen-bond acceptors (Lipinski definition) is 7. The number of rotatable bonds is 2. The van der Waals surface area contributed by atoms with Gasteiger partial charge in [-0.15, -0.1) is 0 Å². The molecule has 2 saturated heterocycles. The zero-order chi connectivity index (χ0) is 20.0. The Bertz CT molecular complexity index is 743. The summed E-state index contributed by atoms with van der Waals surface area (Å²) in [6.45, 7) is 0.122. The lowest BCUT2D eigenvalue weighted by atomic mass is 9.50. The van der Waals surface area contributed by atoms with Gasteiger partial charge in [0.2, 0.25) is 0 Å². The molecular formula is C17H22O7. The van der Waals surface area contributed by atoms with Crippen molar-refractivity contribution in [2.75, 3.05) is 13.2 Å². The number of aliphatic hydroxyl groups excluding tert-OH is 2. The van der Waals surface area contributed by atoms with E-state index in [-0.39, 0.29) is 13.0 Å². The summed E-state index contributed by atoms with van der Waals surface area (Å²) < 4.78 is 38.7. The number of ketones is 1. The summed E-state index contributed by atoms with van der Waals surface area (Å²) in [4.78, 5) is 24.4. The molecule has 7 heteroatoms. The van der Waals surface area contributed by atoms with Gasteiger partial charge < -0.3 is 24.4 Å². The third-order valence-electron chi connectivity index (χ3n) is 6.67. The van der Waals surface area contributed by atoms with Crippen LogP contribution in [-0.4, -0.2) is 65.2 Å². The molecule has 0 radical (unpaired) electrons. The van der Waals surface area contributed by atoms with Crippen molar-refractivity contribution < 1.29 is 38.1 Å². The topological polar surface area (TPSA) is 106 Å². The molecule has 0 amide bonds. The average molecular weight is 341 g/mol. The molecule has 1 spiro atoms. The quantitative estimate of drug-likeness (QED) is 0.526. The highest BCUT2D eigenvalue weighted by molar-refractivity contribution is 6.00. The predicted molar refractivity (Wildman–Crippen MR) is 79.9 cm³/mol. The van der Waals surface area contributed by atoms with E-state index in [1.165, 1.54) is 0 Å². The first-order valence-electron chi connectivity index (χ1n) is 9.47. The van der Waals surface area contributed by atoms with E-state index in [2.05, 4.69) is 0 Å². The minimum atomic E-state index is -2.91. The lowest BCUT2D eigenvalue weighted by molar-refractivity contribution is -0.244. The van der Waals surface area contributed by atoms with Gasteiger partial charge in [-0.05, 0) is 25.0 Å². The number of aliphatic hydroxyl groups is 2. The molecular weight excluding hydrogens is 316 g/mol. The predicted octanol–water partition coefficient (Wildman–Crippen LogP) is -0.267. The van der Waals surface area contributed by atoms with Gasteiger partial charge in [-0.1, -0.05) is 6.92 Å². The lowest BCUT2D eigenvalue weighted by Gasteiger charge is -2.58. The van der Waals surface area contributed by atoms with Crippen molar-refractivity contribution in [2.45, 2.75) is 57.1 Å². The number of esters is 1. The van der Waals surface area contributed by atoms with Gasteiger partial charge in [-0.3, -0.25) is 9.59 Å². The van der Waals surface area contributed by atoms with Crippen LogP contribution in [0.15, 0.2) is 11.6 Å². The molecule has 24 heavy (non-hydrogen) atoms. The van der Waals surface area contributed by atoms with Gasteiger partial charge >= 0.3 is 5.97 Å². The number of Topliss-reactive ketones (excluding diaryl/α,β-unsaturated/α-hetero) is 1. The van der Waals surface area contributed by atoms with Crippen LogP contribution >= 0.6 is 0 Å². The molecule has 0 aromatic heterocycles. The van der Waals surface area contributed by atoms with Gasteiger partial charge in [0.1, 0.15) is 23.9 Å². The van der Waals surface area contributed by atoms with Crippen LogP contribution in [0, 0.1) is 10.8 Å². The minimum Gasteiger partial charge on any atom is -0.460 e. The summed E-state index contributed by atoms with van der Waals surface area (Å²) in [6, 6.07) is 0. The van der Waals surface area contributed by atoms with Gasteiger partial charge in [-0.25, -0.2) is 0 Å². The van der Waals surface area contributed by atoms with E-state index in [9.17, 15) is 19.8 Å². The molecule has 2 bridgehead atoms. The van der Waals surface area contributed by atoms with Crippen LogP contribution in [0.1, 0.15) is 31.2 Å². The molecule has 0 aromatic carbocycles. The summed E-state index contributed by atoms with van der Waals surface area (Å²) in [6.07, 6.45) is -2.30. The molecule has 7 atom stereocenters. The molecule has 1 saturated carbocycles. The van der Waals surface area contributed by atoms with Crippen LogP contribution in [0.2, 0.25) is 0 Å². The summed E-state index contributed by atoms with van der Waals surface area (Å²) >= 11 is 0. The number of fused-ring (bicyclic) bond motifs is 2. The Kier molecular flexibility index (Phi) is 2.52. The fourth-order valence-electron chi connectivity index (χ4n) is 5.23. The van der Waals surface area contributed by atoms with E-state index in [1.54, 1.807) is 19.9 Å². The normalized spacial score (nSPS) is 54.4. The van der Waals surface area contributed by atoms with Crippen molar-refractivity contribution in [1.82, 2.24) is 0 Å². The van der Waals surface area contributed by atoms with E-state index < -0.39 is 66.1 Å². The van der Waals surface area contributed by atoms with Gasteiger partial charge in [0.15, 0.2) is 5.78 Å². The van der Waals surface area contributed by atoms with E-state index in [0.29, 0.717) is 5.57 Å². The molecule has 7 nitrogen and oxygen atoms in total. The molecule has 2 N–H and O–H groups in total. The highest BCUT2D eigenvalue weighted by atomic mass is 16.7. The number of ether oxygens (including phenoxy) is 3. The molecule has 2 heterocycles. The smallest absolute Gasteiger partial charge is 0.302 e. The lowest BCUT2D eigenvalue weighted by Crippen LogP contribution is -2.70. The average Bonchev–Trinajstić information content (AvgIpc) is 3.34. The third-order valence-corrected chi connectivity index (χ3v) is 6.67. The summed E-state index contributed by atoms with van der Waals surface area (Å²) in [5.41, 5.74) is -2.97. The summed E-state index contributed by atoms with van der Waals surface area (Å²) in [5, 5.41) is 21.2. The van der Waals surface area contributed by atoms with E-state index in [1.807, 2.05) is 0 Å². The molecule has 7 unspecified atom stereocenters. The number of hydrogen-bond donors (Lipinski definition) is 2. The van der Waals surface area contributed by atoms with Crippen LogP contribution in [0.25, 0.3) is 0 Å². The fraction of sp³-hybridized carbons (Fsp3) is 0.765. The molecule has 0 aromatic rings. The Hall–Kier alpha value is -1.28. The van der Waals surface area contributed by atoms with E-state index in [4.69, 9.17) is 18.3 Å². The maximum absolute atomic E-state index is 12.5. The SMILES string of the molecule is [2H]C([2H])([2H])C(=O)OC1CC2(C)C3(CO3)C1OC1C=C(C)C(=O)C(O)C12CO. The first-order chi connectivity index (χ1) is 12.4. The van der Waals surface area contributed by atoms with Crippen molar-refractivity contribution >= 4 is 11.8 Å². The van der Waals surface area contributed by atoms with Crippen LogP contribution in [-0.2, 0) is 23.8 Å². The van der Waals surface area contributed by atoms with Crippen LogP contribution in [0.4, 0.5) is 0 Å². The standard InChI is InChI=1S/C17H22O7/c1-8-4-11-16(6-18,13(21)12(8)20)15(3)5-10(23-9(2)19)14(24-11)17(15)7-22-17/h4,10-11,13-14,18,21H,5-7H2,1-3H3/i2D3. The number of epoxide rings is 1. The maximum atomic E-state index is 12.5. The summed E-state index contributed by atoms with van der Waals surface area (Å²) in [7, 11) is 0. The van der Waals surface area contributed by atoms with Crippen molar-refractivity contribution in [2.24, 2.45) is 10.8 Å². The van der Waals surface area contributed by atoms with Crippen molar-refractivity contribution in [1.29, 1.82) is 0 Å². The Balaban J connectivity index is 1.79. The molecule has 3 fully saturated rings. The fourth-order valence-corrected chi connectivity index (χ4v) is 5.23. The number of carbonyl (C=O) groups excluding carboxylic acids is 2. The zero-order valence-electron chi connectivity index (χ0n) is 16.4. The second-order valence-electron chi connectivity index (χ2n) is 7.45. The molecule has 132 valence electrons. The monoisotopic (exact) mass is 341 g/mol. The van der Waals surface area contributed by atoms with Crippen LogP contribution in [0.5, 0.6) is 0 Å². The Morgan fingerprint density at radius 1 is 1.58 bits per heavy atom. The Morgan fingerprint density at radius 3 is 2.88 bits per heavy atom. The Labute approximate surface area is 143 Å². The Morgan fingerprint density at radius 2 is 2.29 bits per heavy atom.